The Balaban J connectivity index is 2.53. The van der Waals surface area contributed by atoms with Gasteiger partial charge in [0, 0.05) is 13.2 Å². The smallest absolute Gasteiger partial charge is 0.120 e. The molecule has 0 spiro atoms. The van der Waals surface area contributed by atoms with Gasteiger partial charge in [0.1, 0.15) is 7.28 Å². The van der Waals surface area contributed by atoms with E-state index in [1.165, 1.54) is 13.6 Å². The molecule has 0 saturated carbocycles. The summed E-state index contributed by atoms with van der Waals surface area (Å²) in [7, 11) is 1.24. The summed E-state index contributed by atoms with van der Waals surface area (Å²) in [4.78, 5) is 0. The van der Waals surface area contributed by atoms with Crippen molar-refractivity contribution in [2.45, 2.75) is 26.5 Å². The molecule has 0 aliphatic heterocycles. The van der Waals surface area contributed by atoms with Gasteiger partial charge in [-0.25, -0.2) is 0 Å². The van der Waals surface area contributed by atoms with Gasteiger partial charge in [-0.2, -0.15) is 0 Å². The van der Waals surface area contributed by atoms with Crippen molar-refractivity contribution in [2.75, 3.05) is 13.2 Å². The maximum absolute atomic E-state index is 5.22. The van der Waals surface area contributed by atoms with Crippen molar-refractivity contribution in [3.8, 4) is 0 Å². The quantitative estimate of drug-likeness (QED) is 0.386. The van der Waals surface area contributed by atoms with Crippen LogP contribution >= 0.6 is 0 Å². The van der Waals surface area contributed by atoms with Gasteiger partial charge in [-0.15, -0.1) is 0 Å². The SMILES string of the molecule is CBCCOCCC. The van der Waals surface area contributed by atoms with E-state index in [0.717, 1.165) is 19.6 Å². The summed E-state index contributed by atoms with van der Waals surface area (Å²) >= 11 is 0. The van der Waals surface area contributed by atoms with Crippen LogP contribution in [0.3, 0.4) is 0 Å². The Labute approximate surface area is 52.7 Å². The molecule has 0 fully saturated rings. The largest absolute Gasteiger partial charge is 0.382 e. The van der Waals surface area contributed by atoms with Crippen molar-refractivity contribution < 1.29 is 4.74 Å². The van der Waals surface area contributed by atoms with Crippen molar-refractivity contribution in [3.05, 3.63) is 0 Å². The Morgan fingerprint density at radius 2 is 2.12 bits per heavy atom. The Morgan fingerprint density at radius 3 is 2.62 bits per heavy atom. The Bertz CT molecular complexity index is 33.5. The molecule has 2 heteroatoms. The second-order valence-corrected chi connectivity index (χ2v) is 1.97. The first-order valence-corrected chi connectivity index (χ1v) is 3.49. The molecule has 0 unspecified atom stereocenters. The molecule has 1 nitrogen and oxygen atoms in total. The summed E-state index contributed by atoms with van der Waals surface area (Å²) in [5.74, 6) is 0. The summed E-state index contributed by atoms with van der Waals surface area (Å²) in [6, 6.07) is 0. The molecule has 0 aliphatic carbocycles. The third-order valence-electron chi connectivity index (χ3n) is 0.991. The molecule has 0 rings (SSSR count). The van der Waals surface area contributed by atoms with Gasteiger partial charge >= 0.3 is 0 Å². The van der Waals surface area contributed by atoms with Gasteiger partial charge in [0.25, 0.3) is 0 Å². The zero-order chi connectivity index (χ0) is 6.24. The van der Waals surface area contributed by atoms with Crippen LogP contribution in [0.1, 0.15) is 13.3 Å². The maximum atomic E-state index is 5.22. The lowest BCUT2D eigenvalue weighted by atomic mass is 9.79. The molecular weight excluding hydrogens is 98.9 g/mol. The van der Waals surface area contributed by atoms with E-state index in [1.807, 2.05) is 0 Å². The van der Waals surface area contributed by atoms with Crippen LogP contribution < -0.4 is 0 Å². The third kappa shape index (κ3) is 6.02. The van der Waals surface area contributed by atoms with Crippen molar-refractivity contribution in [3.63, 3.8) is 0 Å². The zero-order valence-electron chi connectivity index (χ0n) is 5.94. The fourth-order valence-corrected chi connectivity index (χ4v) is 0.493. The summed E-state index contributed by atoms with van der Waals surface area (Å²) in [6.45, 7) is 6.19. The van der Waals surface area contributed by atoms with E-state index < -0.39 is 0 Å². The van der Waals surface area contributed by atoms with E-state index in [-0.39, 0.29) is 0 Å². The van der Waals surface area contributed by atoms with E-state index in [2.05, 4.69) is 13.7 Å². The van der Waals surface area contributed by atoms with E-state index in [0.29, 0.717) is 0 Å². The summed E-state index contributed by atoms with van der Waals surface area (Å²) < 4.78 is 5.22. The molecule has 0 atom stereocenters. The minimum Gasteiger partial charge on any atom is -0.382 e. The average molecular weight is 114 g/mol. The maximum Gasteiger partial charge on any atom is 0.120 e. The van der Waals surface area contributed by atoms with Crippen LogP contribution in [0.2, 0.25) is 13.1 Å². The monoisotopic (exact) mass is 114 g/mol. The van der Waals surface area contributed by atoms with Crippen LogP contribution in [0.15, 0.2) is 0 Å². The van der Waals surface area contributed by atoms with Gasteiger partial charge in [0.2, 0.25) is 0 Å². The summed E-state index contributed by atoms with van der Waals surface area (Å²) in [6.07, 6.45) is 2.35. The second kappa shape index (κ2) is 7.02. The molecule has 0 N–H and O–H groups in total. The number of ether oxygens (including phenoxy) is 1. The van der Waals surface area contributed by atoms with Crippen LogP contribution in [0.4, 0.5) is 0 Å². The van der Waals surface area contributed by atoms with Crippen molar-refractivity contribution in [2.24, 2.45) is 0 Å². The van der Waals surface area contributed by atoms with E-state index >= 15 is 0 Å². The predicted octanol–water partition coefficient (Wildman–Crippen LogP) is 1.32. The number of rotatable bonds is 5. The molecule has 0 saturated heterocycles. The molecule has 0 aromatic rings. The van der Waals surface area contributed by atoms with Crippen LogP contribution in [0.25, 0.3) is 0 Å². The molecule has 0 aliphatic rings. The van der Waals surface area contributed by atoms with Crippen molar-refractivity contribution in [1.29, 1.82) is 0 Å². The highest BCUT2D eigenvalue weighted by atomic mass is 16.5. The highest BCUT2D eigenvalue weighted by Crippen LogP contribution is 1.83. The van der Waals surface area contributed by atoms with Crippen molar-refractivity contribution in [1.82, 2.24) is 0 Å². The van der Waals surface area contributed by atoms with Crippen molar-refractivity contribution >= 4 is 7.28 Å². The Hall–Kier alpha value is 0.0249. The standard InChI is InChI=1S/C6H15BO/c1-3-5-8-6-4-7-2/h7H,3-6H2,1-2H3. The van der Waals surface area contributed by atoms with Gasteiger partial charge in [-0.1, -0.05) is 20.1 Å². The summed E-state index contributed by atoms with van der Waals surface area (Å²) in [5, 5.41) is 0. The van der Waals surface area contributed by atoms with Gasteiger partial charge in [-0.3, -0.25) is 0 Å². The van der Waals surface area contributed by atoms with Crippen LogP contribution in [0, 0.1) is 0 Å². The van der Waals surface area contributed by atoms with Gasteiger partial charge < -0.3 is 4.74 Å². The van der Waals surface area contributed by atoms with Gasteiger partial charge in [0.15, 0.2) is 0 Å². The lowest BCUT2D eigenvalue weighted by Crippen LogP contribution is -1.96. The lowest BCUT2D eigenvalue weighted by molar-refractivity contribution is 0.148. The predicted molar refractivity (Wildman–Crippen MR) is 38.9 cm³/mol. The zero-order valence-corrected chi connectivity index (χ0v) is 5.94. The average Bonchev–Trinajstić information content (AvgIpc) is 1.81. The molecule has 8 heavy (non-hydrogen) atoms. The minimum absolute atomic E-state index is 0.931. The van der Waals surface area contributed by atoms with E-state index in [1.54, 1.807) is 0 Å². The molecule has 0 amide bonds. The molecule has 0 aromatic carbocycles. The van der Waals surface area contributed by atoms with Crippen LogP contribution in [-0.2, 0) is 4.74 Å². The fraction of sp³-hybridized carbons (Fsp3) is 1.00. The fourth-order valence-electron chi connectivity index (χ4n) is 0.493. The van der Waals surface area contributed by atoms with Crippen LogP contribution in [0.5, 0.6) is 0 Å². The highest BCUT2D eigenvalue weighted by Gasteiger charge is 1.83. The molecule has 0 heterocycles. The van der Waals surface area contributed by atoms with E-state index in [4.69, 9.17) is 4.74 Å². The number of hydrogen-bond donors (Lipinski definition) is 0. The summed E-state index contributed by atoms with van der Waals surface area (Å²) in [5.41, 5.74) is 0. The first-order chi connectivity index (χ1) is 3.91. The first kappa shape index (κ1) is 8.02. The third-order valence-corrected chi connectivity index (χ3v) is 0.991. The Kier molecular flexibility index (Phi) is 7.05. The minimum atomic E-state index is 0.931. The molecular formula is C6H15BO. The van der Waals surface area contributed by atoms with Crippen LogP contribution in [-0.4, -0.2) is 20.5 Å². The number of hydrogen-bond acceptors (Lipinski definition) is 1. The van der Waals surface area contributed by atoms with Gasteiger partial charge in [0.05, 0.1) is 0 Å². The van der Waals surface area contributed by atoms with Gasteiger partial charge in [-0.05, 0) is 6.42 Å². The lowest BCUT2D eigenvalue weighted by Gasteiger charge is -1.97. The van der Waals surface area contributed by atoms with E-state index in [9.17, 15) is 0 Å². The molecule has 0 radical (unpaired) electrons. The first-order valence-electron chi connectivity index (χ1n) is 3.49. The Morgan fingerprint density at radius 1 is 1.38 bits per heavy atom. The second-order valence-electron chi connectivity index (χ2n) is 1.97. The molecule has 48 valence electrons. The normalized spacial score (nSPS) is 9.25. The molecule has 0 bridgehead atoms. The molecule has 0 aromatic heterocycles. The topological polar surface area (TPSA) is 9.23 Å². The highest BCUT2D eigenvalue weighted by molar-refractivity contribution is 6.33.